The summed E-state index contributed by atoms with van der Waals surface area (Å²) < 4.78 is 0. The molecule has 0 aromatic heterocycles. The fourth-order valence-corrected chi connectivity index (χ4v) is 3.98. The lowest BCUT2D eigenvalue weighted by molar-refractivity contribution is -0.137. The van der Waals surface area contributed by atoms with Gasteiger partial charge in [0.15, 0.2) is 0 Å². The zero-order valence-corrected chi connectivity index (χ0v) is 15.4. The van der Waals surface area contributed by atoms with E-state index in [4.69, 9.17) is 0 Å². The monoisotopic (exact) mass is 343 g/mol. The lowest BCUT2D eigenvalue weighted by Crippen LogP contribution is -2.43. The first-order valence-corrected chi connectivity index (χ1v) is 9.34. The van der Waals surface area contributed by atoms with Gasteiger partial charge in [0.05, 0.1) is 12.0 Å². The summed E-state index contributed by atoms with van der Waals surface area (Å²) >= 11 is 0. The number of hydrogen-bond donors (Lipinski definition) is 0. The third kappa shape index (κ3) is 4.21. The maximum atomic E-state index is 13.0. The fraction of sp³-hybridized carbons (Fsp3) is 0.600. The summed E-state index contributed by atoms with van der Waals surface area (Å²) in [6.45, 7) is 3.61. The van der Waals surface area contributed by atoms with Crippen molar-refractivity contribution >= 4 is 11.8 Å². The Kier molecular flexibility index (Phi) is 5.74. The average molecular weight is 343 g/mol. The Hall–Kier alpha value is -1.88. The molecular weight excluding hydrogens is 314 g/mol. The molecule has 2 fully saturated rings. The first-order valence-electron chi connectivity index (χ1n) is 9.34. The molecule has 2 heterocycles. The number of amides is 2. The molecule has 0 aliphatic carbocycles. The summed E-state index contributed by atoms with van der Waals surface area (Å²) in [5, 5.41) is 0. The van der Waals surface area contributed by atoms with Crippen molar-refractivity contribution in [2.75, 3.05) is 40.3 Å². The largest absolute Gasteiger partial charge is 0.345 e. The smallest absolute Gasteiger partial charge is 0.228 e. The van der Waals surface area contributed by atoms with Crippen molar-refractivity contribution in [1.29, 1.82) is 0 Å². The van der Waals surface area contributed by atoms with E-state index in [9.17, 15) is 9.59 Å². The van der Waals surface area contributed by atoms with Gasteiger partial charge in [-0.15, -0.1) is 0 Å². The molecule has 0 N–H and O–H groups in total. The molecule has 1 aromatic carbocycles. The minimum atomic E-state index is -0.213. The van der Waals surface area contributed by atoms with Gasteiger partial charge in [0.25, 0.3) is 0 Å². The van der Waals surface area contributed by atoms with Crippen LogP contribution in [0.3, 0.4) is 0 Å². The quantitative estimate of drug-likeness (QED) is 0.823. The molecule has 5 heteroatoms. The molecule has 25 heavy (non-hydrogen) atoms. The van der Waals surface area contributed by atoms with Crippen molar-refractivity contribution in [3.05, 3.63) is 35.9 Å². The molecule has 2 aliphatic rings. The number of likely N-dealkylation sites (tertiary alicyclic amines) is 2. The van der Waals surface area contributed by atoms with E-state index in [0.29, 0.717) is 13.0 Å². The second-order valence-corrected chi connectivity index (χ2v) is 7.41. The summed E-state index contributed by atoms with van der Waals surface area (Å²) in [6, 6.07) is 10.3. The topological polar surface area (TPSA) is 43.9 Å². The van der Waals surface area contributed by atoms with Crippen molar-refractivity contribution in [3.63, 3.8) is 0 Å². The number of carbonyl (C=O) groups is 2. The Bertz CT molecular complexity index is 598. The van der Waals surface area contributed by atoms with Crippen molar-refractivity contribution in [2.45, 2.75) is 31.7 Å². The third-order valence-electron chi connectivity index (χ3n) is 5.57. The van der Waals surface area contributed by atoms with E-state index in [1.54, 1.807) is 11.9 Å². The summed E-state index contributed by atoms with van der Waals surface area (Å²) in [7, 11) is 3.67. The van der Waals surface area contributed by atoms with Crippen LogP contribution in [-0.2, 0) is 9.59 Å². The minimum Gasteiger partial charge on any atom is -0.345 e. The summed E-state index contributed by atoms with van der Waals surface area (Å²) in [6.07, 6.45) is 4.12. The number of rotatable bonds is 5. The van der Waals surface area contributed by atoms with Crippen LogP contribution in [0.5, 0.6) is 0 Å². The molecule has 3 rings (SSSR count). The van der Waals surface area contributed by atoms with Gasteiger partial charge in [-0.05, 0) is 31.5 Å². The molecule has 0 radical (unpaired) electrons. The van der Waals surface area contributed by atoms with E-state index >= 15 is 0 Å². The van der Waals surface area contributed by atoms with Crippen LogP contribution in [-0.4, -0.2) is 66.8 Å². The molecule has 5 nitrogen and oxygen atoms in total. The van der Waals surface area contributed by atoms with Crippen LogP contribution in [0.4, 0.5) is 0 Å². The van der Waals surface area contributed by atoms with Gasteiger partial charge >= 0.3 is 0 Å². The Morgan fingerprint density at radius 2 is 1.88 bits per heavy atom. The first-order chi connectivity index (χ1) is 12.1. The predicted octanol–water partition coefficient (Wildman–Crippen LogP) is 2.15. The molecule has 0 spiro atoms. The zero-order chi connectivity index (χ0) is 17.8. The van der Waals surface area contributed by atoms with Gasteiger partial charge in [0.2, 0.25) is 11.8 Å². The van der Waals surface area contributed by atoms with E-state index in [1.165, 1.54) is 24.8 Å². The predicted molar refractivity (Wildman–Crippen MR) is 98.0 cm³/mol. The normalized spacial score (nSPS) is 22.9. The molecule has 2 atom stereocenters. The molecule has 1 aromatic rings. The fourth-order valence-electron chi connectivity index (χ4n) is 3.98. The Morgan fingerprint density at radius 1 is 1.20 bits per heavy atom. The second kappa shape index (κ2) is 8.00. The highest BCUT2D eigenvalue weighted by Gasteiger charge is 2.36. The maximum absolute atomic E-state index is 13.0. The van der Waals surface area contributed by atoms with E-state index < -0.39 is 0 Å². The van der Waals surface area contributed by atoms with Crippen LogP contribution in [0, 0.1) is 5.92 Å². The SMILES string of the molecule is CN1CC(C(=O)N(C)[C@H](CN2CCCCC2)c2ccccc2)CC1=O. The molecule has 1 unspecified atom stereocenters. The highest BCUT2D eigenvalue weighted by Crippen LogP contribution is 2.26. The van der Waals surface area contributed by atoms with Gasteiger partial charge in [-0.2, -0.15) is 0 Å². The number of nitrogens with zero attached hydrogens (tertiary/aromatic N) is 3. The van der Waals surface area contributed by atoms with Crippen molar-refractivity contribution in [1.82, 2.24) is 14.7 Å². The lowest BCUT2D eigenvalue weighted by atomic mass is 10.0. The van der Waals surface area contributed by atoms with Gasteiger partial charge in [0, 0.05) is 33.6 Å². The minimum absolute atomic E-state index is 0.0350. The molecule has 136 valence electrons. The Morgan fingerprint density at radius 3 is 2.48 bits per heavy atom. The van der Waals surface area contributed by atoms with Crippen LogP contribution >= 0.6 is 0 Å². The highest BCUT2D eigenvalue weighted by molar-refractivity contribution is 5.89. The van der Waals surface area contributed by atoms with Crippen molar-refractivity contribution in [3.8, 4) is 0 Å². The van der Waals surface area contributed by atoms with Crippen molar-refractivity contribution < 1.29 is 9.59 Å². The molecule has 2 amide bonds. The van der Waals surface area contributed by atoms with Crippen LogP contribution in [0.25, 0.3) is 0 Å². The molecule has 2 aliphatic heterocycles. The van der Waals surface area contributed by atoms with Gasteiger partial charge in [-0.3, -0.25) is 9.59 Å². The zero-order valence-electron chi connectivity index (χ0n) is 15.4. The average Bonchev–Trinajstić information content (AvgIpc) is 2.99. The van der Waals surface area contributed by atoms with Crippen LogP contribution in [0.1, 0.15) is 37.3 Å². The van der Waals surface area contributed by atoms with E-state index in [0.717, 1.165) is 19.6 Å². The van der Waals surface area contributed by atoms with Gasteiger partial charge in [-0.25, -0.2) is 0 Å². The summed E-state index contributed by atoms with van der Waals surface area (Å²) in [5.41, 5.74) is 1.17. The molecule has 0 saturated carbocycles. The number of benzene rings is 1. The lowest BCUT2D eigenvalue weighted by Gasteiger charge is -2.36. The van der Waals surface area contributed by atoms with Crippen LogP contribution in [0.2, 0.25) is 0 Å². The molecule has 2 saturated heterocycles. The van der Waals surface area contributed by atoms with Crippen LogP contribution in [0.15, 0.2) is 30.3 Å². The van der Waals surface area contributed by atoms with Crippen molar-refractivity contribution in [2.24, 2.45) is 5.92 Å². The molecular formula is C20H29N3O2. The summed E-state index contributed by atoms with van der Waals surface area (Å²) in [4.78, 5) is 30.8. The van der Waals surface area contributed by atoms with E-state index in [-0.39, 0.29) is 23.8 Å². The number of likely N-dealkylation sites (N-methyl/N-ethyl adjacent to an activating group) is 1. The number of piperidine rings is 1. The third-order valence-corrected chi connectivity index (χ3v) is 5.57. The Labute approximate surface area is 150 Å². The standard InChI is InChI=1S/C20H29N3O2/c1-21-14-17(13-19(21)24)20(25)22(2)18(16-9-5-3-6-10-16)15-23-11-7-4-8-12-23/h3,5-6,9-10,17-18H,4,7-8,11-15H2,1-2H3/t17?,18-/m1/s1. The number of hydrogen-bond acceptors (Lipinski definition) is 3. The first kappa shape index (κ1) is 17.9. The summed E-state index contributed by atoms with van der Waals surface area (Å²) in [5.74, 6) is -0.0577. The van der Waals surface area contributed by atoms with E-state index in [2.05, 4.69) is 17.0 Å². The van der Waals surface area contributed by atoms with Gasteiger partial charge in [-0.1, -0.05) is 36.8 Å². The maximum Gasteiger partial charge on any atom is 0.228 e. The Balaban J connectivity index is 1.75. The molecule has 0 bridgehead atoms. The van der Waals surface area contributed by atoms with Gasteiger partial charge < -0.3 is 14.7 Å². The second-order valence-electron chi connectivity index (χ2n) is 7.41. The van der Waals surface area contributed by atoms with Crippen LogP contribution < -0.4 is 0 Å². The highest BCUT2D eigenvalue weighted by atomic mass is 16.2. The van der Waals surface area contributed by atoms with E-state index in [1.807, 2.05) is 30.1 Å². The van der Waals surface area contributed by atoms with Gasteiger partial charge in [0.1, 0.15) is 0 Å². The number of carbonyl (C=O) groups excluding carboxylic acids is 2.